The fourth-order valence-electron chi connectivity index (χ4n) is 3.86. The third-order valence-electron chi connectivity index (χ3n) is 5.79. The molecule has 0 fully saturated rings. The van der Waals surface area contributed by atoms with Crippen molar-refractivity contribution in [1.29, 1.82) is 0 Å². The van der Waals surface area contributed by atoms with Crippen molar-refractivity contribution < 1.29 is 9.59 Å². The predicted octanol–water partition coefficient (Wildman–Crippen LogP) is 5.60. The summed E-state index contributed by atoms with van der Waals surface area (Å²) in [4.78, 5) is 27.0. The predicted molar refractivity (Wildman–Crippen MR) is 121 cm³/mol. The van der Waals surface area contributed by atoms with Crippen LogP contribution in [0.1, 0.15) is 77.3 Å². The summed E-state index contributed by atoms with van der Waals surface area (Å²) in [5.41, 5.74) is 3.75. The number of amides is 2. The van der Waals surface area contributed by atoms with Crippen LogP contribution in [0.15, 0.2) is 24.3 Å². The van der Waals surface area contributed by atoms with Gasteiger partial charge in [-0.3, -0.25) is 9.59 Å². The molecule has 156 valence electrons. The summed E-state index contributed by atoms with van der Waals surface area (Å²) in [5.74, 6) is 0.346. The molecule has 0 aliphatic heterocycles. The molecule has 2 amide bonds. The molecule has 0 saturated carbocycles. The molecule has 1 unspecified atom stereocenters. The maximum Gasteiger partial charge on any atom is 0.256 e. The van der Waals surface area contributed by atoms with Crippen molar-refractivity contribution in [2.24, 2.45) is 11.3 Å². The number of rotatable bonds is 5. The largest absolute Gasteiger partial charge is 0.352 e. The number of aryl methyl sites for hydroxylation is 1. The van der Waals surface area contributed by atoms with Gasteiger partial charge < -0.3 is 10.6 Å². The van der Waals surface area contributed by atoms with E-state index in [4.69, 9.17) is 0 Å². The third kappa shape index (κ3) is 4.89. The number of benzene rings is 1. The Kier molecular flexibility index (Phi) is 6.47. The van der Waals surface area contributed by atoms with E-state index in [0.717, 1.165) is 36.8 Å². The van der Waals surface area contributed by atoms with E-state index in [0.29, 0.717) is 28.6 Å². The molecule has 1 atom stereocenters. The van der Waals surface area contributed by atoms with Crippen LogP contribution in [-0.2, 0) is 12.8 Å². The van der Waals surface area contributed by atoms with Crippen LogP contribution in [-0.4, -0.2) is 18.4 Å². The SMILES string of the molecule is CCCNC(=O)c1c(NC(=O)c2ccc(C)cc2)sc2c1CCC(C(C)(C)C)C2. The van der Waals surface area contributed by atoms with E-state index in [-0.39, 0.29) is 17.2 Å². The molecule has 0 saturated heterocycles. The number of hydrogen-bond acceptors (Lipinski definition) is 3. The Bertz CT molecular complexity index is 891. The summed E-state index contributed by atoms with van der Waals surface area (Å²) in [6.45, 7) is 11.5. The van der Waals surface area contributed by atoms with Crippen molar-refractivity contribution in [1.82, 2.24) is 5.32 Å². The van der Waals surface area contributed by atoms with Crippen LogP contribution in [0.25, 0.3) is 0 Å². The Morgan fingerprint density at radius 2 is 1.83 bits per heavy atom. The second-order valence-corrected chi connectivity index (χ2v) is 10.2. The average Bonchev–Trinajstić information content (AvgIpc) is 3.02. The quantitative estimate of drug-likeness (QED) is 0.671. The summed E-state index contributed by atoms with van der Waals surface area (Å²) in [7, 11) is 0. The van der Waals surface area contributed by atoms with E-state index in [2.05, 4.69) is 31.4 Å². The van der Waals surface area contributed by atoms with Crippen LogP contribution >= 0.6 is 11.3 Å². The van der Waals surface area contributed by atoms with Gasteiger partial charge in [0, 0.05) is 17.0 Å². The molecule has 1 aliphatic carbocycles. The maximum absolute atomic E-state index is 12.9. The highest BCUT2D eigenvalue weighted by molar-refractivity contribution is 7.17. The van der Waals surface area contributed by atoms with E-state index in [1.54, 1.807) is 11.3 Å². The lowest BCUT2D eigenvalue weighted by Crippen LogP contribution is -2.29. The number of thiophene rings is 1. The molecule has 1 aliphatic rings. The minimum Gasteiger partial charge on any atom is -0.352 e. The number of carbonyl (C=O) groups excluding carboxylic acids is 2. The number of fused-ring (bicyclic) bond motifs is 1. The van der Waals surface area contributed by atoms with Crippen LogP contribution in [0, 0.1) is 18.3 Å². The molecule has 0 spiro atoms. The highest BCUT2D eigenvalue weighted by atomic mass is 32.1. The molecule has 4 nitrogen and oxygen atoms in total. The molecule has 3 rings (SSSR count). The molecule has 29 heavy (non-hydrogen) atoms. The first-order valence-electron chi connectivity index (χ1n) is 10.5. The number of hydrogen-bond donors (Lipinski definition) is 2. The zero-order valence-corrected chi connectivity index (χ0v) is 19.0. The van der Waals surface area contributed by atoms with Gasteiger partial charge >= 0.3 is 0 Å². The van der Waals surface area contributed by atoms with Crippen molar-refractivity contribution in [3.05, 3.63) is 51.4 Å². The first-order chi connectivity index (χ1) is 13.7. The number of nitrogens with one attached hydrogen (secondary N) is 2. The third-order valence-corrected chi connectivity index (χ3v) is 6.96. The van der Waals surface area contributed by atoms with Gasteiger partial charge in [0.15, 0.2) is 0 Å². The lowest BCUT2D eigenvalue weighted by atomic mass is 9.72. The van der Waals surface area contributed by atoms with Gasteiger partial charge in [-0.05, 0) is 61.6 Å². The maximum atomic E-state index is 12.9. The van der Waals surface area contributed by atoms with Gasteiger partial charge in [0.25, 0.3) is 11.8 Å². The van der Waals surface area contributed by atoms with E-state index in [9.17, 15) is 9.59 Å². The van der Waals surface area contributed by atoms with Crippen LogP contribution in [0.5, 0.6) is 0 Å². The summed E-state index contributed by atoms with van der Waals surface area (Å²) in [6, 6.07) is 7.50. The first kappa shape index (κ1) is 21.6. The van der Waals surface area contributed by atoms with Gasteiger partial charge in [-0.2, -0.15) is 0 Å². The summed E-state index contributed by atoms with van der Waals surface area (Å²) < 4.78 is 0. The molecule has 0 bridgehead atoms. The lowest BCUT2D eigenvalue weighted by Gasteiger charge is -2.33. The van der Waals surface area contributed by atoms with Crippen LogP contribution in [0.2, 0.25) is 0 Å². The zero-order valence-electron chi connectivity index (χ0n) is 18.1. The minimum absolute atomic E-state index is 0.0715. The Morgan fingerprint density at radius 1 is 1.14 bits per heavy atom. The van der Waals surface area contributed by atoms with Gasteiger partial charge in [-0.15, -0.1) is 11.3 Å². The van der Waals surface area contributed by atoms with Crippen molar-refractivity contribution in [3.8, 4) is 0 Å². The van der Waals surface area contributed by atoms with Gasteiger partial charge in [-0.1, -0.05) is 45.4 Å². The summed E-state index contributed by atoms with van der Waals surface area (Å²) in [5, 5.41) is 6.72. The van der Waals surface area contributed by atoms with Gasteiger partial charge in [0.1, 0.15) is 5.00 Å². The topological polar surface area (TPSA) is 58.2 Å². The second kappa shape index (κ2) is 8.70. The molecule has 5 heteroatoms. The van der Waals surface area contributed by atoms with E-state index >= 15 is 0 Å². The van der Waals surface area contributed by atoms with E-state index < -0.39 is 0 Å². The molecule has 1 aromatic carbocycles. The fraction of sp³-hybridized carbons (Fsp3) is 0.500. The lowest BCUT2D eigenvalue weighted by molar-refractivity contribution is 0.0953. The molecule has 0 radical (unpaired) electrons. The molecule has 1 heterocycles. The van der Waals surface area contributed by atoms with Crippen LogP contribution < -0.4 is 10.6 Å². The Balaban J connectivity index is 1.92. The number of carbonyl (C=O) groups is 2. The summed E-state index contributed by atoms with van der Waals surface area (Å²) in [6.07, 6.45) is 3.82. The van der Waals surface area contributed by atoms with Crippen molar-refractivity contribution in [2.75, 3.05) is 11.9 Å². The average molecular weight is 413 g/mol. The Labute approximate surface area is 178 Å². The minimum atomic E-state index is -0.166. The highest BCUT2D eigenvalue weighted by Crippen LogP contribution is 2.44. The Hall–Kier alpha value is -2.14. The second-order valence-electron chi connectivity index (χ2n) is 9.09. The standard InChI is InChI=1S/C24H32N2O2S/c1-6-13-25-22(28)20-18-12-11-17(24(3,4)5)14-19(18)29-23(20)26-21(27)16-9-7-15(2)8-10-16/h7-10,17H,6,11-14H2,1-5H3,(H,25,28)(H,26,27). The molecule has 2 aromatic rings. The molecule has 2 N–H and O–H groups in total. The van der Waals surface area contributed by atoms with Crippen molar-refractivity contribution in [2.45, 2.75) is 60.3 Å². The van der Waals surface area contributed by atoms with Crippen LogP contribution in [0.4, 0.5) is 5.00 Å². The Morgan fingerprint density at radius 3 is 2.45 bits per heavy atom. The molecular formula is C24H32N2O2S. The fourth-order valence-corrected chi connectivity index (χ4v) is 5.18. The van der Waals surface area contributed by atoms with Crippen molar-refractivity contribution in [3.63, 3.8) is 0 Å². The zero-order chi connectivity index (χ0) is 21.2. The van der Waals surface area contributed by atoms with Gasteiger partial charge in [0.2, 0.25) is 0 Å². The van der Waals surface area contributed by atoms with Gasteiger partial charge in [-0.25, -0.2) is 0 Å². The van der Waals surface area contributed by atoms with E-state index in [1.807, 2.05) is 38.1 Å². The van der Waals surface area contributed by atoms with Gasteiger partial charge in [0.05, 0.1) is 5.56 Å². The monoisotopic (exact) mass is 412 g/mol. The molecular weight excluding hydrogens is 380 g/mol. The van der Waals surface area contributed by atoms with Crippen molar-refractivity contribution >= 4 is 28.2 Å². The van der Waals surface area contributed by atoms with Crippen LogP contribution in [0.3, 0.4) is 0 Å². The van der Waals surface area contributed by atoms with E-state index in [1.165, 1.54) is 4.88 Å². The highest BCUT2D eigenvalue weighted by Gasteiger charge is 2.34. The number of anilines is 1. The molecule has 1 aromatic heterocycles. The normalized spacial score (nSPS) is 16.2. The smallest absolute Gasteiger partial charge is 0.256 e. The summed E-state index contributed by atoms with van der Waals surface area (Å²) >= 11 is 1.58. The first-order valence-corrected chi connectivity index (χ1v) is 11.3.